The summed E-state index contributed by atoms with van der Waals surface area (Å²) in [6.45, 7) is 1.25. The fourth-order valence-electron chi connectivity index (χ4n) is 1.47. The van der Waals surface area contributed by atoms with Gasteiger partial charge in [-0.2, -0.15) is 4.31 Å². The Hall–Kier alpha value is -1.94. The quantitative estimate of drug-likeness (QED) is 0.624. The minimum atomic E-state index is -4.20. The van der Waals surface area contributed by atoms with Crippen molar-refractivity contribution in [3.05, 3.63) is 27.0 Å². The molecule has 0 saturated heterocycles. The van der Waals surface area contributed by atoms with E-state index < -0.39 is 38.7 Å². The molecular weight excluding hydrogens is 290 g/mol. The van der Waals surface area contributed by atoms with E-state index in [1.54, 1.807) is 6.92 Å². The predicted octanol–water partition coefficient (Wildman–Crippen LogP) is -1.36. The average molecular weight is 305 g/mol. The normalized spacial score (nSPS) is 11.6. The number of aromatic amines is 2. The summed E-state index contributed by atoms with van der Waals surface area (Å²) in [6, 6.07) is 0. The second-order valence-electron chi connectivity index (χ2n) is 3.85. The number of hydrogen-bond acceptors (Lipinski definition) is 6. The molecule has 0 aliphatic rings. The molecule has 0 amide bonds. The van der Waals surface area contributed by atoms with Gasteiger partial charge >= 0.3 is 11.7 Å². The van der Waals surface area contributed by atoms with Crippen molar-refractivity contribution < 1.29 is 17.9 Å². The Balaban J connectivity index is 3.25. The Kier molecular flexibility index (Phi) is 5.22. The number of rotatable bonds is 6. The van der Waals surface area contributed by atoms with Gasteiger partial charge in [-0.3, -0.25) is 14.6 Å². The molecular formula is C10H15N3O6S. The summed E-state index contributed by atoms with van der Waals surface area (Å²) in [5.74, 6) is -0.747. The lowest BCUT2D eigenvalue weighted by molar-refractivity contribution is -0.140. The highest BCUT2D eigenvalue weighted by Crippen LogP contribution is 2.10. The molecule has 0 saturated carbocycles. The number of H-pyrrole nitrogens is 2. The van der Waals surface area contributed by atoms with Crippen molar-refractivity contribution in [2.24, 2.45) is 0 Å². The largest absolute Gasteiger partial charge is 0.468 e. The number of methoxy groups -OCH3 is 1. The number of hydrogen-bond donors (Lipinski definition) is 2. The Morgan fingerprint density at radius 2 is 2.05 bits per heavy atom. The molecule has 1 aromatic heterocycles. The molecule has 1 aromatic rings. The zero-order valence-electron chi connectivity index (χ0n) is 11.0. The molecule has 0 radical (unpaired) electrons. The smallest absolute Gasteiger partial charge is 0.325 e. The highest BCUT2D eigenvalue weighted by atomic mass is 32.2. The van der Waals surface area contributed by atoms with Gasteiger partial charge < -0.3 is 9.72 Å². The van der Waals surface area contributed by atoms with Crippen LogP contribution in [-0.2, 0) is 19.6 Å². The van der Waals surface area contributed by atoms with Gasteiger partial charge in [0, 0.05) is 12.7 Å². The van der Waals surface area contributed by atoms with Crippen molar-refractivity contribution in [2.45, 2.75) is 18.2 Å². The van der Waals surface area contributed by atoms with Crippen molar-refractivity contribution in [2.75, 3.05) is 20.2 Å². The van der Waals surface area contributed by atoms with E-state index in [0.717, 1.165) is 17.6 Å². The number of sulfonamides is 1. The van der Waals surface area contributed by atoms with E-state index in [2.05, 4.69) is 9.72 Å². The lowest BCUT2D eigenvalue weighted by Gasteiger charge is -2.19. The molecule has 1 rings (SSSR count). The molecule has 2 N–H and O–H groups in total. The van der Waals surface area contributed by atoms with Crippen LogP contribution < -0.4 is 11.2 Å². The predicted molar refractivity (Wildman–Crippen MR) is 68.7 cm³/mol. The second-order valence-corrected chi connectivity index (χ2v) is 5.76. The number of carbonyl (C=O) groups excluding carboxylic acids is 1. The third-order valence-electron chi connectivity index (χ3n) is 2.41. The summed E-state index contributed by atoms with van der Waals surface area (Å²) in [5, 5.41) is 0. The van der Waals surface area contributed by atoms with Crippen LogP contribution in [-0.4, -0.2) is 48.9 Å². The van der Waals surface area contributed by atoms with Gasteiger partial charge in [-0.25, -0.2) is 13.2 Å². The van der Waals surface area contributed by atoms with Crippen LogP contribution >= 0.6 is 0 Å². The highest BCUT2D eigenvalue weighted by Gasteiger charge is 2.29. The van der Waals surface area contributed by atoms with E-state index in [1.165, 1.54) is 0 Å². The lowest BCUT2D eigenvalue weighted by atomic mass is 10.5. The molecule has 10 heteroatoms. The highest BCUT2D eigenvalue weighted by molar-refractivity contribution is 7.89. The van der Waals surface area contributed by atoms with Crippen LogP contribution in [0, 0.1) is 0 Å². The molecule has 112 valence electrons. The molecule has 0 fully saturated rings. The first-order chi connectivity index (χ1) is 9.32. The number of carbonyl (C=O) groups is 1. The van der Waals surface area contributed by atoms with Crippen LogP contribution in [0.25, 0.3) is 0 Å². The van der Waals surface area contributed by atoms with Gasteiger partial charge in [0.05, 0.1) is 7.11 Å². The van der Waals surface area contributed by atoms with Gasteiger partial charge in [0.25, 0.3) is 15.6 Å². The van der Waals surface area contributed by atoms with Crippen LogP contribution in [0.1, 0.15) is 13.3 Å². The first-order valence-electron chi connectivity index (χ1n) is 5.72. The van der Waals surface area contributed by atoms with E-state index in [-0.39, 0.29) is 6.54 Å². The summed E-state index contributed by atoms with van der Waals surface area (Å²) < 4.78 is 29.8. The zero-order valence-corrected chi connectivity index (χ0v) is 11.8. The van der Waals surface area contributed by atoms with Crippen LogP contribution in [0.4, 0.5) is 0 Å². The van der Waals surface area contributed by atoms with Gasteiger partial charge in [0.1, 0.15) is 6.54 Å². The maximum atomic E-state index is 12.3. The maximum absolute atomic E-state index is 12.3. The van der Waals surface area contributed by atoms with Crippen molar-refractivity contribution in [1.29, 1.82) is 0 Å². The molecule has 0 aromatic carbocycles. The average Bonchev–Trinajstić information content (AvgIpc) is 2.37. The number of esters is 1. The van der Waals surface area contributed by atoms with E-state index in [1.807, 2.05) is 4.98 Å². The minimum Gasteiger partial charge on any atom is -0.468 e. The number of nitrogens with one attached hydrogen (secondary N) is 2. The van der Waals surface area contributed by atoms with E-state index in [9.17, 15) is 22.8 Å². The summed E-state index contributed by atoms with van der Waals surface area (Å²) in [7, 11) is -3.07. The maximum Gasteiger partial charge on any atom is 0.325 e. The topological polar surface area (TPSA) is 129 Å². The summed E-state index contributed by atoms with van der Waals surface area (Å²) in [4.78, 5) is 37.0. The van der Waals surface area contributed by atoms with Crippen molar-refractivity contribution >= 4 is 16.0 Å². The Labute approximate surface area is 114 Å². The van der Waals surface area contributed by atoms with E-state index in [4.69, 9.17) is 0 Å². The van der Waals surface area contributed by atoms with Crippen LogP contribution in [0.3, 0.4) is 0 Å². The molecule has 0 unspecified atom stereocenters. The first kappa shape index (κ1) is 16.1. The standard InChI is InChI=1S/C10H15N3O6S/c1-3-4-13(6-8(14)19-2)20(17,18)7-5-11-10(16)12-9(7)15/h5H,3-4,6H2,1-2H3,(H2,11,12,15,16). The third kappa shape index (κ3) is 3.54. The van der Waals surface area contributed by atoms with Gasteiger partial charge in [-0.15, -0.1) is 0 Å². The monoisotopic (exact) mass is 305 g/mol. The fraction of sp³-hybridized carbons (Fsp3) is 0.500. The molecule has 0 bridgehead atoms. The summed E-state index contributed by atoms with van der Waals surface area (Å²) >= 11 is 0. The Bertz CT molecular complexity index is 689. The van der Waals surface area contributed by atoms with Crippen LogP contribution in [0.5, 0.6) is 0 Å². The molecule has 0 spiro atoms. The zero-order chi connectivity index (χ0) is 15.3. The summed E-state index contributed by atoms with van der Waals surface area (Å²) in [5.41, 5.74) is -1.86. The lowest BCUT2D eigenvalue weighted by Crippen LogP contribution is -2.40. The van der Waals surface area contributed by atoms with Crippen LogP contribution in [0.15, 0.2) is 20.7 Å². The molecule has 9 nitrogen and oxygen atoms in total. The third-order valence-corrected chi connectivity index (χ3v) is 4.26. The fourth-order valence-corrected chi connectivity index (χ4v) is 2.94. The molecule has 1 heterocycles. The molecule has 20 heavy (non-hydrogen) atoms. The molecule has 0 aliphatic heterocycles. The first-order valence-corrected chi connectivity index (χ1v) is 7.16. The number of aromatic nitrogens is 2. The van der Waals surface area contributed by atoms with Crippen molar-refractivity contribution in [3.8, 4) is 0 Å². The van der Waals surface area contributed by atoms with Gasteiger partial charge in [-0.05, 0) is 6.42 Å². The van der Waals surface area contributed by atoms with Gasteiger partial charge in [0.2, 0.25) is 0 Å². The van der Waals surface area contributed by atoms with Gasteiger partial charge in [0.15, 0.2) is 4.90 Å². The minimum absolute atomic E-state index is 0.0377. The molecule has 0 aliphatic carbocycles. The molecule has 0 atom stereocenters. The Morgan fingerprint density at radius 1 is 1.40 bits per heavy atom. The number of ether oxygens (including phenoxy) is 1. The number of nitrogens with zero attached hydrogens (tertiary/aromatic N) is 1. The van der Waals surface area contributed by atoms with E-state index >= 15 is 0 Å². The SMILES string of the molecule is CCCN(CC(=O)OC)S(=O)(=O)c1c[nH]c(=O)[nH]c1=O. The Morgan fingerprint density at radius 3 is 2.55 bits per heavy atom. The van der Waals surface area contributed by atoms with E-state index in [0.29, 0.717) is 6.42 Å². The van der Waals surface area contributed by atoms with Crippen LogP contribution in [0.2, 0.25) is 0 Å². The van der Waals surface area contributed by atoms with Crippen molar-refractivity contribution in [1.82, 2.24) is 14.3 Å². The second kappa shape index (κ2) is 6.48. The van der Waals surface area contributed by atoms with Gasteiger partial charge in [-0.1, -0.05) is 6.92 Å². The summed E-state index contributed by atoms with van der Waals surface area (Å²) in [6.07, 6.45) is 1.24. The van der Waals surface area contributed by atoms with Crippen molar-refractivity contribution in [3.63, 3.8) is 0 Å².